The average molecular weight is 312 g/mol. The van der Waals surface area contributed by atoms with Crippen molar-refractivity contribution >= 4 is 16.8 Å². The fourth-order valence-electron chi connectivity index (χ4n) is 3.72. The third kappa shape index (κ3) is 1.48. The molecule has 2 atom stereocenters. The molecule has 3 aliphatic rings. The lowest BCUT2D eigenvalue weighted by Crippen LogP contribution is -2.14. The third-order valence-electron chi connectivity index (χ3n) is 4.72. The van der Waals surface area contributed by atoms with Gasteiger partial charge in [-0.3, -0.25) is 4.79 Å². The molecule has 1 aromatic carbocycles. The number of fused-ring (bicyclic) bond motifs is 7. The van der Waals surface area contributed by atoms with Gasteiger partial charge < -0.3 is 18.6 Å². The Labute approximate surface area is 130 Å². The number of methoxy groups -OCH3 is 1. The highest BCUT2D eigenvalue weighted by Crippen LogP contribution is 2.50. The molecule has 0 saturated carbocycles. The minimum atomic E-state index is -0.586. The molecule has 0 unspecified atom stereocenters. The van der Waals surface area contributed by atoms with Gasteiger partial charge in [-0.25, -0.2) is 4.79 Å². The van der Waals surface area contributed by atoms with Crippen LogP contribution in [0.25, 0.3) is 11.0 Å². The second-order valence-electron chi connectivity index (χ2n) is 5.84. The van der Waals surface area contributed by atoms with Crippen molar-refractivity contribution in [3.63, 3.8) is 0 Å². The monoisotopic (exact) mass is 312 g/mol. The molecule has 0 bridgehead atoms. The number of hydrogen-bond acceptors (Lipinski definition) is 6. The Hall–Kier alpha value is -2.76. The van der Waals surface area contributed by atoms with Crippen molar-refractivity contribution in [3.8, 4) is 11.5 Å². The predicted octanol–water partition coefficient (Wildman–Crippen LogP) is 2.28. The van der Waals surface area contributed by atoms with Crippen LogP contribution in [0, 0.1) is 0 Å². The minimum absolute atomic E-state index is 0.128. The van der Waals surface area contributed by atoms with Crippen LogP contribution >= 0.6 is 0 Å². The molecule has 23 heavy (non-hydrogen) atoms. The van der Waals surface area contributed by atoms with E-state index in [1.54, 1.807) is 19.4 Å². The summed E-state index contributed by atoms with van der Waals surface area (Å²) >= 11 is 0. The Kier molecular flexibility index (Phi) is 2.30. The number of ketones is 1. The van der Waals surface area contributed by atoms with Crippen molar-refractivity contribution in [2.45, 2.75) is 25.0 Å². The summed E-state index contributed by atoms with van der Waals surface area (Å²) in [4.78, 5) is 24.3. The number of rotatable bonds is 1. The molecule has 0 saturated heterocycles. The van der Waals surface area contributed by atoms with Gasteiger partial charge in [-0.2, -0.15) is 0 Å². The molecule has 0 N–H and O–H groups in total. The van der Waals surface area contributed by atoms with Gasteiger partial charge in [0.05, 0.1) is 30.2 Å². The van der Waals surface area contributed by atoms with E-state index in [1.807, 2.05) is 6.08 Å². The minimum Gasteiger partial charge on any atom is -0.496 e. The van der Waals surface area contributed by atoms with E-state index in [4.69, 9.17) is 18.6 Å². The first-order valence-electron chi connectivity index (χ1n) is 7.41. The highest BCUT2D eigenvalue weighted by atomic mass is 16.7. The van der Waals surface area contributed by atoms with Crippen LogP contribution in [-0.4, -0.2) is 19.2 Å². The summed E-state index contributed by atoms with van der Waals surface area (Å²) in [5.74, 6) is 0.826. The van der Waals surface area contributed by atoms with Crippen molar-refractivity contribution in [2.75, 3.05) is 7.11 Å². The van der Waals surface area contributed by atoms with E-state index in [0.717, 1.165) is 5.56 Å². The van der Waals surface area contributed by atoms with Crippen molar-refractivity contribution in [3.05, 3.63) is 45.5 Å². The van der Waals surface area contributed by atoms with Crippen molar-refractivity contribution in [1.82, 2.24) is 0 Å². The Morgan fingerprint density at radius 2 is 2.13 bits per heavy atom. The van der Waals surface area contributed by atoms with Crippen LogP contribution in [0.15, 0.2) is 27.6 Å². The van der Waals surface area contributed by atoms with E-state index < -0.39 is 11.9 Å². The molecule has 0 spiro atoms. The molecule has 0 radical (unpaired) electrons. The molecule has 116 valence electrons. The molecular formula is C17H12O6. The molecule has 3 heterocycles. The lowest BCUT2D eigenvalue weighted by Gasteiger charge is -2.12. The molecule has 1 aliphatic carbocycles. The van der Waals surface area contributed by atoms with E-state index >= 15 is 0 Å². The normalized spacial score (nSPS) is 23.4. The van der Waals surface area contributed by atoms with Crippen molar-refractivity contribution in [2.24, 2.45) is 0 Å². The van der Waals surface area contributed by atoms with Gasteiger partial charge in [-0.15, -0.1) is 0 Å². The maximum atomic E-state index is 12.3. The maximum Gasteiger partial charge on any atom is 0.347 e. The van der Waals surface area contributed by atoms with E-state index in [1.165, 1.54) is 0 Å². The number of carbonyl (C=O) groups excluding carboxylic acids is 1. The van der Waals surface area contributed by atoms with Crippen molar-refractivity contribution in [1.29, 1.82) is 0 Å². The summed E-state index contributed by atoms with van der Waals surface area (Å²) < 4.78 is 22.2. The molecule has 2 aliphatic heterocycles. The lowest BCUT2D eigenvalue weighted by atomic mass is 9.95. The van der Waals surface area contributed by atoms with Crippen LogP contribution in [0.3, 0.4) is 0 Å². The van der Waals surface area contributed by atoms with Gasteiger partial charge in [-0.05, 0) is 18.1 Å². The SMILES string of the molecule is COc1cc2c(c3oc(=O)c4c(c13)CCC4=O)[C@H]1C=CO[C@H]1O2. The number of benzene rings is 1. The van der Waals surface area contributed by atoms with Gasteiger partial charge >= 0.3 is 5.63 Å². The van der Waals surface area contributed by atoms with Crippen LogP contribution in [0.2, 0.25) is 0 Å². The van der Waals surface area contributed by atoms with Crippen LogP contribution in [0.4, 0.5) is 0 Å². The molecule has 0 amide bonds. The summed E-state index contributed by atoms with van der Waals surface area (Å²) in [7, 11) is 1.54. The van der Waals surface area contributed by atoms with Gasteiger partial charge in [0.25, 0.3) is 6.29 Å². The van der Waals surface area contributed by atoms with Crippen molar-refractivity contribution < 1.29 is 23.4 Å². The lowest BCUT2D eigenvalue weighted by molar-refractivity contribution is -0.00485. The fourth-order valence-corrected chi connectivity index (χ4v) is 3.72. The van der Waals surface area contributed by atoms with E-state index in [-0.39, 0.29) is 17.3 Å². The zero-order valence-electron chi connectivity index (χ0n) is 12.3. The smallest absolute Gasteiger partial charge is 0.347 e. The second kappa shape index (κ2) is 4.16. The van der Waals surface area contributed by atoms with Gasteiger partial charge in [-0.1, -0.05) is 0 Å². The number of Topliss-reactive ketones (excluding diaryl/α,β-unsaturated/α-hetero) is 1. The van der Waals surface area contributed by atoms with E-state index in [2.05, 4.69) is 0 Å². The Balaban J connectivity index is 1.94. The maximum absolute atomic E-state index is 12.3. The fraction of sp³-hybridized carbons (Fsp3) is 0.294. The Bertz CT molecular complexity index is 967. The zero-order valence-corrected chi connectivity index (χ0v) is 12.3. The Morgan fingerprint density at radius 1 is 1.26 bits per heavy atom. The highest BCUT2D eigenvalue weighted by Gasteiger charge is 2.41. The van der Waals surface area contributed by atoms with Gasteiger partial charge in [0.1, 0.15) is 22.6 Å². The number of aryl methyl sites for hydroxylation is 1. The summed E-state index contributed by atoms with van der Waals surface area (Å²) in [6, 6.07) is 1.77. The first kappa shape index (κ1) is 12.8. The highest BCUT2D eigenvalue weighted by molar-refractivity contribution is 6.06. The second-order valence-corrected chi connectivity index (χ2v) is 5.84. The quantitative estimate of drug-likeness (QED) is 0.752. The molecule has 1 aromatic heterocycles. The van der Waals surface area contributed by atoms with E-state index in [9.17, 15) is 9.59 Å². The summed E-state index contributed by atoms with van der Waals surface area (Å²) in [6.07, 6.45) is 3.86. The molecule has 6 heteroatoms. The van der Waals surface area contributed by atoms with Crippen LogP contribution < -0.4 is 15.1 Å². The van der Waals surface area contributed by atoms with Gasteiger partial charge in [0.2, 0.25) is 0 Å². The van der Waals surface area contributed by atoms with Gasteiger partial charge in [0, 0.05) is 12.5 Å². The summed E-state index contributed by atoms with van der Waals surface area (Å²) in [5, 5.41) is 0.691. The first-order chi connectivity index (χ1) is 11.2. The number of hydrogen-bond donors (Lipinski definition) is 0. The molecule has 6 nitrogen and oxygen atoms in total. The predicted molar refractivity (Wildman–Crippen MR) is 79.1 cm³/mol. The largest absolute Gasteiger partial charge is 0.496 e. The molecule has 0 fully saturated rings. The average Bonchev–Trinajstić information content (AvgIpc) is 3.20. The van der Waals surface area contributed by atoms with Gasteiger partial charge in [0.15, 0.2) is 5.78 Å². The zero-order chi connectivity index (χ0) is 15.7. The summed E-state index contributed by atoms with van der Waals surface area (Å²) in [6.45, 7) is 0. The first-order valence-corrected chi connectivity index (χ1v) is 7.41. The summed E-state index contributed by atoms with van der Waals surface area (Å²) in [5.41, 5.74) is 1.49. The van der Waals surface area contributed by atoms with Crippen LogP contribution in [-0.2, 0) is 11.2 Å². The topological polar surface area (TPSA) is 75.0 Å². The third-order valence-corrected chi connectivity index (χ3v) is 4.72. The Morgan fingerprint density at radius 3 is 2.96 bits per heavy atom. The van der Waals surface area contributed by atoms with Crippen LogP contribution in [0.1, 0.15) is 33.8 Å². The molecule has 2 aromatic rings. The molecule has 5 rings (SSSR count). The standard InChI is InChI=1S/C17H12O6/c1-20-10-6-11-14(8-4-5-21-17(8)22-11)15-13(10)7-2-3-9(18)12(7)16(19)23-15/h4-6,8,17H,2-3H2,1H3/t8-,17+/m1/s1. The van der Waals surface area contributed by atoms with Crippen LogP contribution in [0.5, 0.6) is 11.5 Å². The molecular weight excluding hydrogens is 300 g/mol. The van der Waals surface area contributed by atoms with E-state index in [0.29, 0.717) is 40.9 Å². The number of ether oxygens (including phenoxy) is 3. The number of carbonyl (C=O) groups is 1.